The Kier molecular flexibility index (Phi) is 20.2. The summed E-state index contributed by atoms with van der Waals surface area (Å²) in [5, 5.41) is 17.2. The van der Waals surface area contributed by atoms with Crippen molar-refractivity contribution in [2.45, 2.75) is 109 Å². The second kappa shape index (κ2) is 19.1. The van der Waals surface area contributed by atoms with Crippen molar-refractivity contribution in [3.63, 3.8) is 0 Å². The molecule has 0 aromatic carbocycles. The van der Waals surface area contributed by atoms with Gasteiger partial charge in [-0.25, -0.2) is 0 Å². The number of carbonyl (C=O) groups is 2. The van der Waals surface area contributed by atoms with Gasteiger partial charge in [-0.15, -0.1) is 0 Å². The molecular weight excluding hydrogens is 453 g/mol. The summed E-state index contributed by atoms with van der Waals surface area (Å²) in [5.74, 6) is -2.49. The van der Waals surface area contributed by atoms with E-state index in [2.05, 4.69) is 11.8 Å². The topological polar surface area (TPSA) is 151 Å². The van der Waals surface area contributed by atoms with Crippen LogP contribution in [0.3, 0.4) is 0 Å². The molecule has 0 bridgehead atoms. The maximum absolute atomic E-state index is 12.1. The van der Waals surface area contributed by atoms with Crippen LogP contribution < -0.4 is 0 Å². The number of unbranched alkanes of at least 4 members (excludes halogenated alkanes) is 9. The molecular formula is C20H40NNaO9S. The fourth-order valence-corrected chi connectivity index (χ4v) is 3.59. The van der Waals surface area contributed by atoms with E-state index in [1.807, 2.05) is 0 Å². The van der Waals surface area contributed by atoms with Gasteiger partial charge in [-0.2, -0.15) is 8.42 Å². The number of hydrogen-bond donors (Lipinski definition) is 3. The first-order valence-electron chi connectivity index (χ1n) is 11.0. The summed E-state index contributed by atoms with van der Waals surface area (Å²) in [7, 11) is -4.92. The Morgan fingerprint density at radius 1 is 0.875 bits per heavy atom. The minimum absolute atomic E-state index is 0. The molecule has 0 aliphatic carbocycles. The number of nitrogens with zero attached hydrogens (tertiary/aromatic N) is 1. The summed E-state index contributed by atoms with van der Waals surface area (Å²) in [5.41, 5.74) is 0. The molecule has 0 amide bonds. The van der Waals surface area contributed by atoms with Gasteiger partial charge in [-0.3, -0.25) is 14.1 Å². The number of ether oxygens (including phenoxy) is 1. The van der Waals surface area contributed by atoms with Crippen LogP contribution in [0.15, 0.2) is 0 Å². The van der Waals surface area contributed by atoms with Crippen LogP contribution in [0.2, 0.25) is 0 Å². The Hall–Kier alpha value is -0.270. The van der Waals surface area contributed by atoms with Crippen molar-refractivity contribution in [3.8, 4) is 0 Å². The molecule has 0 heterocycles. The predicted octanol–water partition coefficient (Wildman–Crippen LogP) is 1.89. The van der Waals surface area contributed by atoms with E-state index in [1.54, 1.807) is 0 Å². The summed E-state index contributed by atoms with van der Waals surface area (Å²) in [6.07, 6.45) is 7.03. The monoisotopic (exact) mass is 493 g/mol. The summed E-state index contributed by atoms with van der Waals surface area (Å²) in [4.78, 5) is 28.6. The van der Waals surface area contributed by atoms with Crippen LogP contribution in [-0.4, -0.2) is 94.1 Å². The summed E-state index contributed by atoms with van der Waals surface area (Å²) in [6.45, 7) is 4.57. The minimum atomic E-state index is -4.92. The summed E-state index contributed by atoms with van der Waals surface area (Å²) in [6, 6.07) is 0. The van der Waals surface area contributed by atoms with Crippen LogP contribution in [0.4, 0.5) is 0 Å². The van der Waals surface area contributed by atoms with Crippen molar-refractivity contribution < 1.29 is 42.3 Å². The molecule has 0 saturated carbocycles. The van der Waals surface area contributed by atoms with Crippen molar-refractivity contribution in [1.29, 1.82) is 0 Å². The third-order valence-corrected chi connectivity index (χ3v) is 5.74. The molecule has 0 aliphatic heterocycles. The fourth-order valence-electron chi connectivity index (χ4n) is 2.94. The first kappa shape index (κ1) is 33.9. The average Bonchev–Trinajstić information content (AvgIpc) is 2.66. The van der Waals surface area contributed by atoms with Gasteiger partial charge in [0.1, 0.15) is 12.5 Å². The summed E-state index contributed by atoms with van der Waals surface area (Å²) < 4.78 is 37.2. The molecule has 0 spiro atoms. The predicted molar refractivity (Wildman–Crippen MR) is 121 cm³/mol. The molecule has 0 saturated heterocycles. The van der Waals surface area contributed by atoms with Crippen LogP contribution in [-0.2, 0) is 29.3 Å². The van der Waals surface area contributed by atoms with E-state index in [0.717, 1.165) is 25.7 Å². The van der Waals surface area contributed by atoms with Gasteiger partial charge in [0.2, 0.25) is 0 Å². The van der Waals surface area contributed by atoms with E-state index < -0.39 is 46.2 Å². The zero-order valence-corrected chi connectivity index (χ0v) is 19.7. The zero-order valence-electron chi connectivity index (χ0n) is 18.9. The standard InChI is InChI=1S/C20H39NO9S.Na.H/c1-4-5-6-7-8-9-10-11-12-13-14-29-20(25)18(31(26,27)28)15-19(24)30-21(16(2)22)17(3)23;;/h16-18,22-23H,4-15H2,1-3H3,(H,26,27,28);;. The normalized spacial score (nSPS) is 14.3. The molecule has 0 aromatic heterocycles. The van der Waals surface area contributed by atoms with Crippen LogP contribution in [0.1, 0.15) is 91.4 Å². The summed E-state index contributed by atoms with van der Waals surface area (Å²) >= 11 is 0. The first-order valence-corrected chi connectivity index (χ1v) is 12.5. The van der Waals surface area contributed by atoms with Gasteiger partial charge in [0.05, 0.1) is 13.0 Å². The number of rotatable bonds is 18. The van der Waals surface area contributed by atoms with Gasteiger partial charge in [0.15, 0.2) is 5.25 Å². The van der Waals surface area contributed by atoms with Gasteiger partial charge >= 0.3 is 41.5 Å². The molecule has 0 rings (SSSR count). The van der Waals surface area contributed by atoms with Gasteiger partial charge in [0, 0.05) is 0 Å². The van der Waals surface area contributed by atoms with Crippen LogP contribution >= 0.6 is 0 Å². The average molecular weight is 494 g/mol. The number of hydrogen-bond acceptors (Lipinski definition) is 9. The SMILES string of the molecule is CCCCCCCCCCCCOC(=O)C(CC(=O)ON(C(C)O)C(C)O)S(=O)(=O)O.[NaH]. The molecule has 0 radical (unpaired) electrons. The van der Waals surface area contributed by atoms with Crippen molar-refractivity contribution >= 4 is 51.6 Å². The van der Waals surface area contributed by atoms with Gasteiger partial charge in [0.25, 0.3) is 10.1 Å². The third kappa shape index (κ3) is 16.4. The van der Waals surface area contributed by atoms with E-state index in [-0.39, 0.29) is 36.2 Å². The van der Waals surface area contributed by atoms with Crippen LogP contribution in [0, 0.1) is 0 Å². The van der Waals surface area contributed by atoms with Crippen molar-refractivity contribution in [1.82, 2.24) is 5.06 Å². The second-order valence-electron chi connectivity index (χ2n) is 7.64. The Balaban J connectivity index is 0. The van der Waals surface area contributed by atoms with E-state index in [4.69, 9.17) is 4.74 Å². The molecule has 12 heteroatoms. The van der Waals surface area contributed by atoms with Gasteiger partial charge in [-0.1, -0.05) is 69.8 Å². The van der Waals surface area contributed by atoms with Crippen molar-refractivity contribution in [2.24, 2.45) is 0 Å². The van der Waals surface area contributed by atoms with E-state index in [9.17, 15) is 32.8 Å². The van der Waals surface area contributed by atoms with Crippen LogP contribution in [0.25, 0.3) is 0 Å². The number of aliphatic hydroxyl groups is 2. The molecule has 3 unspecified atom stereocenters. The van der Waals surface area contributed by atoms with E-state index >= 15 is 0 Å². The fraction of sp³-hybridized carbons (Fsp3) is 0.900. The van der Waals surface area contributed by atoms with Gasteiger partial charge < -0.3 is 19.8 Å². The van der Waals surface area contributed by atoms with Crippen LogP contribution in [0.5, 0.6) is 0 Å². The Morgan fingerprint density at radius 2 is 1.31 bits per heavy atom. The van der Waals surface area contributed by atoms with Crippen molar-refractivity contribution in [2.75, 3.05) is 6.61 Å². The quantitative estimate of drug-likeness (QED) is 0.0645. The number of hydroxylamine groups is 2. The molecule has 3 N–H and O–H groups in total. The van der Waals surface area contributed by atoms with E-state index in [0.29, 0.717) is 11.5 Å². The molecule has 186 valence electrons. The Bertz CT molecular complexity index is 606. The number of aliphatic hydroxyl groups excluding tert-OH is 2. The number of carbonyl (C=O) groups excluding carboxylic acids is 2. The number of esters is 1. The maximum atomic E-state index is 12.1. The molecule has 0 aliphatic rings. The second-order valence-corrected chi connectivity index (χ2v) is 9.24. The molecule has 0 fully saturated rings. The zero-order chi connectivity index (χ0) is 23.9. The molecule has 0 aromatic rings. The Morgan fingerprint density at radius 3 is 1.72 bits per heavy atom. The first-order chi connectivity index (χ1) is 14.5. The van der Waals surface area contributed by atoms with Gasteiger partial charge in [-0.05, 0) is 20.3 Å². The molecule has 10 nitrogen and oxygen atoms in total. The van der Waals surface area contributed by atoms with E-state index in [1.165, 1.54) is 46.0 Å². The van der Waals surface area contributed by atoms with Crippen molar-refractivity contribution in [3.05, 3.63) is 0 Å². The molecule has 32 heavy (non-hydrogen) atoms. The third-order valence-electron chi connectivity index (χ3n) is 4.66. The Labute approximate surface area is 214 Å². The molecule has 3 atom stereocenters.